The van der Waals surface area contributed by atoms with Crippen LogP contribution in [0.2, 0.25) is 0 Å². The monoisotopic (exact) mass is 253 g/mol. The third-order valence-corrected chi connectivity index (χ3v) is 3.01. The van der Waals surface area contributed by atoms with Gasteiger partial charge in [-0.2, -0.15) is 0 Å². The summed E-state index contributed by atoms with van der Waals surface area (Å²) in [5.41, 5.74) is 0.148. The molecule has 0 spiro atoms. The summed E-state index contributed by atoms with van der Waals surface area (Å²) in [6.45, 7) is 1.20. The third-order valence-electron chi connectivity index (χ3n) is 3.01. The van der Waals surface area contributed by atoms with Crippen LogP contribution in [0.15, 0.2) is 18.5 Å². The number of hydrogen-bond acceptors (Lipinski definition) is 3. The number of aromatic nitrogens is 1. The fraction of sp³-hybridized carbons (Fsp3) is 0.500. The number of likely N-dealkylation sites (tertiary alicyclic amines) is 1. The number of rotatable bonds is 2. The largest absolute Gasteiger partial charge is 0.380 e. The Kier molecular flexibility index (Phi) is 4.09. The van der Waals surface area contributed by atoms with Crippen LogP contribution >= 0.6 is 0 Å². The van der Waals surface area contributed by atoms with Gasteiger partial charge in [0.05, 0.1) is 18.0 Å². The van der Waals surface area contributed by atoms with Crippen LogP contribution in [0.1, 0.15) is 12.8 Å². The van der Waals surface area contributed by atoms with Crippen LogP contribution in [0.3, 0.4) is 0 Å². The summed E-state index contributed by atoms with van der Waals surface area (Å²) in [7, 11) is 1.63. The van der Waals surface area contributed by atoms with Crippen molar-refractivity contribution in [2.75, 3.05) is 25.5 Å². The van der Waals surface area contributed by atoms with Crippen LogP contribution in [-0.4, -0.2) is 42.2 Å². The Hall–Kier alpha value is -1.69. The molecule has 1 aliphatic rings. The van der Waals surface area contributed by atoms with E-state index in [4.69, 9.17) is 4.74 Å². The minimum atomic E-state index is -0.536. The highest BCUT2D eigenvalue weighted by Gasteiger charge is 2.23. The predicted octanol–water partition coefficient (Wildman–Crippen LogP) is 1.86. The maximum atomic E-state index is 13.3. The lowest BCUT2D eigenvalue weighted by atomic mass is 10.1. The Bertz CT molecular complexity index is 428. The number of carbonyl (C=O) groups excluding carboxylic acids is 1. The van der Waals surface area contributed by atoms with Gasteiger partial charge in [0.1, 0.15) is 0 Å². The molecule has 6 heteroatoms. The molecule has 1 aliphatic heterocycles. The number of urea groups is 1. The van der Waals surface area contributed by atoms with Gasteiger partial charge in [-0.15, -0.1) is 0 Å². The van der Waals surface area contributed by atoms with E-state index < -0.39 is 5.82 Å². The van der Waals surface area contributed by atoms with Crippen LogP contribution in [0.5, 0.6) is 0 Å². The maximum absolute atomic E-state index is 13.3. The van der Waals surface area contributed by atoms with Crippen LogP contribution in [0.4, 0.5) is 14.9 Å². The van der Waals surface area contributed by atoms with Gasteiger partial charge in [-0.3, -0.25) is 4.98 Å². The van der Waals surface area contributed by atoms with Gasteiger partial charge in [0, 0.05) is 26.4 Å². The first-order valence-electron chi connectivity index (χ1n) is 5.89. The van der Waals surface area contributed by atoms with E-state index in [0.717, 1.165) is 19.0 Å². The Labute approximate surface area is 105 Å². The maximum Gasteiger partial charge on any atom is 0.322 e. The molecule has 0 radical (unpaired) electrons. The van der Waals surface area contributed by atoms with E-state index >= 15 is 0 Å². The quantitative estimate of drug-likeness (QED) is 0.875. The molecule has 0 aliphatic carbocycles. The van der Waals surface area contributed by atoms with Gasteiger partial charge < -0.3 is 15.0 Å². The first kappa shape index (κ1) is 12.8. The highest BCUT2D eigenvalue weighted by atomic mass is 19.1. The Morgan fingerprint density at radius 1 is 1.67 bits per heavy atom. The summed E-state index contributed by atoms with van der Waals surface area (Å²) < 4.78 is 18.6. The third kappa shape index (κ3) is 2.95. The summed E-state index contributed by atoms with van der Waals surface area (Å²) in [5.74, 6) is -0.536. The number of halogens is 1. The number of pyridine rings is 1. The molecule has 1 aromatic rings. The van der Waals surface area contributed by atoms with E-state index in [2.05, 4.69) is 10.3 Å². The van der Waals surface area contributed by atoms with Gasteiger partial charge in [-0.25, -0.2) is 9.18 Å². The van der Waals surface area contributed by atoms with Crippen molar-refractivity contribution in [3.05, 3.63) is 24.3 Å². The molecule has 2 rings (SSSR count). The number of nitrogens with zero attached hydrogens (tertiary/aromatic N) is 2. The molecule has 2 heterocycles. The summed E-state index contributed by atoms with van der Waals surface area (Å²) in [5, 5.41) is 2.54. The van der Waals surface area contributed by atoms with Crippen molar-refractivity contribution >= 4 is 11.7 Å². The second kappa shape index (κ2) is 5.77. The molecule has 1 atom stereocenters. The van der Waals surface area contributed by atoms with Crippen molar-refractivity contribution in [2.45, 2.75) is 18.9 Å². The molecule has 0 bridgehead atoms. The fourth-order valence-electron chi connectivity index (χ4n) is 1.99. The standard InChI is InChI=1S/C12H16FN3O2/c1-18-9-3-2-6-16(8-9)12(17)15-11-4-5-14-7-10(11)13/h4-5,7,9H,2-3,6,8H2,1H3,(H,14,15,17). The Morgan fingerprint density at radius 3 is 3.22 bits per heavy atom. The molecule has 1 saturated heterocycles. The predicted molar refractivity (Wildman–Crippen MR) is 64.8 cm³/mol. The Balaban J connectivity index is 1.97. The zero-order valence-electron chi connectivity index (χ0n) is 10.2. The number of nitrogens with one attached hydrogen (secondary N) is 1. The van der Waals surface area contributed by atoms with Gasteiger partial charge in [-0.1, -0.05) is 0 Å². The second-order valence-corrected chi connectivity index (χ2v) is 4.23. The molecule has 0 aromatic carbocycles. The molecule has 18 heavy (non-hydrogen) atoms. The molecular formula is C12H16FN3O2. The normalized spacial score (nSPS) is 19.7. The van der Waals surface area contributed by atoms with Crippen molar-refractivity contribution in [3.63, 3.8) is 0 Å². The fourth-order valence-corrected chi connectivity index (χ4v) is 1.99. The zero-order chi connectivity index (χ0) is 13.0. The molecule has 1 N–H and O–H groups in total. The van der Waals surface area contributed by atoms with E-state index in [1.807, 2.05) is 0 Å². The summed E-state index contributed by atoms with van der Waals surface area (Å²) in [6.07, 6.45) is 4.41. The number of methoxy groups -OCH3 is 1. The van der Waals surface area contributed by atoms with E-state index in [1.165, 1.54) is 12.3 Å². The van der Waals surface area contributed by atoms with Gasteiger partial charge in [0.25, 0.3) is 0 Å². The number of carbonyl (C=O) groups is 1. The highest BCUT2D eigenvalue weighted by Crippen LogP contribution is 2.16. The van der Waals surface area contributed by atoms with Crippen molar-refractivity contribution < 1.29 is 13.9 Å². The number of ether oxygens (including phenoxy) is 1. The SMILES string of the molecule is COC1CCCN(C(=O)Nc2ccncc2F)C1. The molecule has 1 unspecified atom stereocenters. The topological polar surface area (TPSA) is 54.5 Å². The summed E-state index contributed by atoms with van der Waals surface area (Å²) in [4.78, 5) is 17.2. The lowest BCUT2D eigenvalue weighted by Crippen LogP contribution is -2.45. The van der Waals surface area contributed by atoms with Crippen molar-refractivity contribution in [1.29, 1.82) is 0 Å². The summed E-state index contributed by atoms with van der Waals surface area (Å²) >= 11 is 0. The summed E-state index contributed by atoms with van der Waals surface area (Å²) in [6, 6.07) is 1.13. The van der Waals surface area contributed by atoms with Gasteiger partial charge in [-0.05, 0) is 18.9 Å². The number of amides is 2. The Morgan fingerprint density at radius 2 is 2.50 bits per heavy atom. The minimum Gasteiger partial charge on any atom is -0.380 e. The molecular weight excluding hydrogens is 237 g/mol. The lowest BCUT2D eigenvalue weighted by Gasteiger charge is -2.31. The average Bonchev–Trinajstić information content (AvgIpc) is 2.41. The highest BCUT2D eigenvalue weighted by molar-refractivity contribution is 5.89. The van der Waals surface area contributed by atoms with Gasteiger partial charge >= 0.3 is 6.03 Å². The van der Waals surface area contributed by atoms with Crippen LogP contribution in [0, 0.1) is 5.82 Å². The first-order chi connectivity index (χ1) is 8.70. The van der Waals surface area contributed by atoms with E-state index in [1.54, 1.807) is 12.0 Å². The van der Waals surface area contributed by atoms with E-state index in [9.17, 15) is 9.18 Å². The molecule has 1 fully saturated rings. The first-order valence-corrected chi connectivity index (χ1v) is 5.89. The van der Waals surface area contributed by atoms with E-state index in [-0.39, 0.29) is 17.8 Å². The second-order valence-electron chi connectivity index (χ2n) is 4.23. The van der Waals surface area contributed by atoms with Crippen LogP contribution in [-0.2, 0) is 4.74 Å². The van der Waals surface area contributed by atoms with Crippen molar-refractivity contribution in [3.8, 4) is 0 Å². The van der Waals surface area contributed by atoms with Gasteiger partial charge in [0.15, 0.2) is 5.82 Å². The number of piperidine rings is 1. The average molecular weight is 253 g/mol. The van der Waals surface area contributed by atoms with Crippen molar-refractivity contribution in [1.82, 2.24) is 9.88 Å². The number of hydrogen-bond donors (Lipinski definition) is 1. The minimum absolute atomic E-state index is 0.0618. The molecule has 1 aromatic heterocycles. The molecule has 5 nitrogen and oxygen atoms in total. The van der Waals surface area contributed by atoms with Crippen LogP contribution in [0.25, 0.3) is 0 Å². The lowest BCUT2D eigenvalue weighted by molar-refractivity contribution is 0.0458. The number of anilines is 1. The van der Waals surface area contributed by atoms with E-state index in [0.29, 0.717) is 13.1 Å². The molecule has 2 amide bonds. The zero-order valence-corrected chi connectivity index (χ0v) is 10.2. The smallest absolute Gasteiger partial charge is 0.322 e. The van der Waals surface area contributed by atoms with Gasteiger partial charge in [0.2, 0.25) is 0 Å². The van der Waals surface area contributed by atoms with Crippen LogP contribution < -0.4 is 5.32 Å². The molecule has 0 saturated carbocycles. The van der Waals surface area contributed by atoms with Crippen molar-refractivity contribution in [2.24, 2.45) is 0 Å². The molecule has 98 valence electrons.